The summed E-state index contributed by atoms with van der Waals surface area (Å²) in [5, 5.41) is 11.4. The summed E-state index contributed by atoms with van der Waals surface area (Å²) in [5.74, 6) is -0.0784. The molecule has 3 rings (SSSR count). The first-order chi connectivity index (χ1) is 9.27. The summed E-state index contributed by atoms with van der Waals surface area (Å²) in [6.07, 6.45) is 7.48. The van der Waals surface area contributed by atoms with Gasteiger partial charge in [-0.1, -0.05) is 18.9 Å². The lowest BCUT2D eigenvalue weighted by Gasteiger charge is -2.30. The zero-order valence-corrected chi connectivity index (χ0v) is 11.3. The number of rotatable bonds is 3. The highest BCUT2D eigenvalue weighted by Gasteiger charge is 2.33. The van der Waals surface area contributed by atoms with Crippen molar-refractivity contribution in [2.24, 2.45) is 5.92 Å². The molecule has 19 heavy (non-hydrogen) atoms. The molecule has 0 radical (unpaired) electrons. The summed E-state index contributed by atoms with van der Waals surface area (Å²) in [6, 6.07) is 4.06. The van der Waals surface area contributed by atoms with Crippen molar-refractivity contribution in [1.82, 2.24) is 9.55 Å². The Balaban J connectivity index is 1.97. The molecule has 2 aromatic rings. The van der Waals surface area contributed by atoms with Crippen molar-refractivity contribution in [3.8, 4) is 10.7 Å². The lowest BCUT2D eigenvalue weighted by Crippen LogP contribution is -2.29. The molecule has 0 spiro atoms. The lowest BCUT2D eigenvalue weighted by molar-refractivity contribution is -0.144. The number of carbonyl (C=O) groups is 1. The molecule has 2 aromatic heterocycles. The van der Waals surface area contributed by atoms with Crippen LogP contribution < -0.4 is 0 Å². The maximum atomic E-state index is 11.4. The molecule has 0 aliphatic heterocycles. The van der Waals surface area contributed by atoms with E-state index in [1.54, 1.807) is 17.5 Å². The van der Waals surface area contributed by atoms with Gasteiger partial charge in [-0.2, -0.15) is 0 Å². The van der Waals surface area contributed by atoms with E-state index in [9.17, 15) is 9.90 Å². The summed E-state index contributed by atoms with van der Waals surface area (Å²) in [5.41, 5.74) is 0. The van der Waals surface area contributed by atoms with Gasteiger partial charge in [0.2, 0.25) is 0 Å². The number of imidazole rings is 1. The monoisotopic (exact) mass is 276 g/mol. The molecule has 1 fully saturated rings. The Hall–Kier alpha value is -1.62. The van der Waals surface area contributed by atoms with E-state index in [4.69, 9.17) is 0 Å². The molecule has 1 saturated carbocycles. The van der Waals surface area contributed by atoms with Gasteiger partial charge >= 0.3 is 5.97 Å². The molecule has 0 aromatic carbocycles. The standard InChI is InChI=1S/C14H16N2O2S/c17-14(18)10-4-1-2-5-11(10)16-8-7-15-13(16)12-6-3-9-19-12/h3,6-11H,1-2,4-5H2,(H,17,18). The molecule has 2 atom stereocenters. The SMILES string of the molecule is O=C(O)C1CCCCC1n1ccnc1-c1cccs1. The highest BCUT2D eigenvalue weighted by molar-refractivity contribution is 7.13. The number of aliphatic carboxylic acids is 1. The first-order valence-electron chi connectivity index (χ1n) is 6.57. The van der Waals surface area contributed by atoms with Gasteiger partial charge in [0.25, 0.3) is 0 Å². The minimum absolute atomic E-state index is 0.0332. The van der Waals surface area contributed by atoms with Gasteiger partial charge in [-0.25, -0.2) is 4.98 Å². The van der Waals surface area contributed by atoms with Crippen LogP contribution >= 0.6 is 11.3 Å². The first kappa shape index (κ1) is 12.4. The van der Waals surface area contributed by atoms with Crippen LogP contribution in [0.4, 0.5) is 0 Å². The van der Waals surface area contributed by atoms with E-state index in [1.807, 2.05) is 23.7 Å². The van der Waals surface area contributed by atoms with Gasteiger partial charge in [0, 0.05) is 18.4 Å². The summed E-state index contributed by atoms with van der Waals surface area (Å²) in [6.45, 7) is 0. The predicted octanol–water partition coefficient (Wildman–Crippen LogP) is 3.43. The molecule has 5 heteroatoms. The molecule has 1 N–H and O–H groups in total. The van der Waals surface area contributed by atoms with Crippen LogP contribution in [0, 0.1) is 5.92 Å². The van der Waals surface area contributed by atoms with Crippen molar-refractivity contribution in [3.63, 3.8) is 0 Å². The van der Waals surface area contributed by atoms with Gasteiger partial charge in [-0.15, -0.1) is 11.3 Å². The summed E-state index contributed by atoms with van der Waals surface area (Å²) in [4.78, 5) is 16.9. The second kappa shape index (κ2) is 5.17. The normalized spacial score (nSPS) is 23.4. The molecule has 0 saturated heterocycles. The third kappa shape index (κ3) is 2.30. The zero-order valence-electron chi connectivity index (χ0n) is 10.5. The Morgan fingerprint density at radius 1 is 1.42 bits per heavy atom. The average molecular weight is 276 g/mol. The zero-order chi connectivity index (χ0) is 13.2. The number of thiophene rings is 1. The number of hydrogen-bond acceptors (Lipinski definition) is 3. The summed E-state index contributed by atoms with van der Waals surface area (Å²) >= 11 is 1.64. The fraction of sp³-hybridized carbons (Fsp3) is 0.429. The van der Waals surface area contributed by atoms with E-state index in [0.717, 1.165) is 36.4 Å². The van der Waals surface area contributed by atoms with Crippen LogP contribution in [0.3, 0.4) is 0 Å². The van der Waals surface area contributed by atoms with Crippen LogP contribution in [0.2, 0.25) is 0 Å². The molecule has 0 bridgehead atoms. The minimum atomic E-state index is -0.685. The number of carboxylic acids is 1. The molecule has 1 aliphatic rings. The van der Waals surface area contributed by atoms with Gasteiger partial charge in [-0.3, -0.25) is 4.79 Å². The molecular weight excluding hydrogens is 260 g/mol. The third-order valence-electron chi connectivity index (χ3n) is 3.81. The highest BCUT2D eigenvalue weighted by Crippen LogP contribution is 2.37. The largest absolute Gasteiger partial charge is 0.481 e. The Morgan fingerprint density at radius 2 is 2.26 bits per heavy atom. The van der Waals surface area contributed by atoms with Crippen LogP contribution in [0.25, 0.3) is 10.7 Å². The number of aromatic nitrogens is 2. The van der Waals surface area contributed by atoms with Crippen molar-refractivity contribution in [2.75, 3.05) is 0 Å². The Bertz CT molecular complexity index is 562. The van der Waals surface area contributed by atoms with Crippen molar-refractivity contribution in [3.05, 3.63) is 29.9 Å². The Labute approximate surface area is 115 Å². The van der Waals surface area contributed by atoms with E-state index in [2.05, 4.69) is 9.55 Å². The molecule has 4 nitrogen and oxygen atoms in total. The van der Waals surface area contributed by atoms with Gasteiger partial charge in [0.1, 0.15) is 5.82 Å². The van der Waals surface area contributed by atoms with E-state index >= 15 is 0 Å². The predicted molar refractivity (Wildman–Crippen MR) is 74.2 cm³/mol. The van der Waals surface area contributed by atoms with Gasteiger partial charge < -0.3 is 9.67 Å². The smallest absolute Gasteiger partial charge is 0.308 e. The summed E-state index contributed by atoms with van der Waals surface area (Å²) in [7, 11) is 0. The van der Waals surface area contributed by atoms with E-state index in [-0.39, 0.29) is 12.0 Å². The van der Waals surface area contributed by atoms with E-state index in [0.29, 0.717) is 0 Å². The second-order valence-corrected chi connectivity index (χ2v) is 5.88. The van der Waals surface area contributed by atoms with E-state index in [1.165, 1.54) is 0 Å². The third-order valence-corrected chi connectivity index (χ3v) is 4.68. The first-order valence-corrected chi connectivity index (χ1v) is 7.45. The van der Waals surface area contributed by atoms with Crippen molar-refractivity contribution < 1.29 is 9.90 Å². The van der Waals surface area contributed by atoms with Crippen LogP contribution in [0.5, 0.6) is 0 Å². The lowest BCUT2D eigenvalue weighted by atomic mass is 9.84. The minimum Gasteiger partial charge on any atom is -0.481 e. The molecule has 2 unspecified atom stereocenters. The maximum absolute atomic E-state index is 11.4. The van der Waals surface area contributed by atoms with Crippen LogP contribution in [0.1, 0.15) is 31.7 Å². The fourth-order valence-corrected chi connectivity index (χ4v) is 3.63. The number of hydrogen-bond donors (Lipinski definition) is 1. The molecule has 0 amide bonds. The fourth-order valence-electron chi connectivity index (χ4n) is 2.91. The number of nitrogens with zero attached hydrogens (tertiary/aromatic N) is 2. The topological polar surface area (TPSA) is 55.1 Å². The van der Waals surface area contributed by atoms with E-state index < -0.39 is 5.97 Å². The van der Waals surface area contributed by atoms with Crippen LogP contribution in [0.15, 0.2) is 29.9 Å². The maximum Gasteiger partial charge on any atom is 0.308 e. The second-order valence-electron chi connectivity index (χ2n) is 4.93. The molecule has 100 valence electrons. The molecule has 2 heterocycles. The van der Waals surface area contributed by atoms with Crippen LogP contribution in [-0.4, -0.2) is 20.6 Å². The number of carboxylic acid groups (broad SMARTS) is 1. The van der Waals surface area contributed by atoms with Crippen molar-refractivity contribution in [2.45, 2.75) is 31.7 Å². The molecular formula is C14H16N2O2S. The Morgan fingerprint density at radius 3 is 3.00 bits per heavy atom. The Kier molecular flexibility index (Phi) is 3.38. The van der Waals surface area contributed by atoms with Crippen LogP contribution in [-0.2, 0) is 4.79 Å². The molecule has 1 aliphatic carbocycles. The van der Waals surface area contributed by atoms with Crippen molar-refractivity contribution >= 4 is 17.3 Å². The van der Waals surface area contributed by atoms with Crippen molar-refractivity contribution in [1.29, 1.82) is 0 Å². The highest BCUT2D eigenvalue weighted by atomic mass is 32.1. The average Bonchev–Trinajstić information content (AvgIpc) is 3.09. The summed E-state index contributed by atoms with van der Waals surface area (Å²) < 4.78 is 2.06. The van der Waals surface area contributed by atoms with Gasteiger partial charge in [0.15, 0.2) is 0 Å². The van der Waals surface area contributed by atoms with Gasteiger partial charge in [0.05, 0.1) is 10.8 Å². The van der Waals surface area contributed by atoms with Gasteiger partial charge in [-0.05, 0) is 24.3 Å². The quantitative estimate of drug-likeness (QED) is 0.934.